The van der Waals surface area contributed by atoms with Gasteiger partial charge >= 0.3 is 0 Å². The van der Waals surface area contributed by atoms with E-state index in [2.05, 4.69) is 27.3 Å². The van der Waals surface area contributed by atoms with E-state index in [1.165, 1.54) is 49.4 Å². The number of nitrogens with zero attached hydrogens (tertiary/aromatic N) is 4. The summed E-state index contributed by atoms with van der Waals surface area (Å²) in [6, 6.07) is 10.1. The molecule has 1 aromatic carbocycles. The maximum Gasteiger partial charge on any atom is 0.197 e. The third kappa shape index (κ3) is 3.90. The van der Waals surface area contributed by atoms with Crippen LogP contribution in [0.4, 0.5) is 0 Å². The second kappa shape index (κ2) is 7.80. The molecule has 0 aliphatic heterocycles. The number of hydrogen-bond donors (Lipinski definition) is 0. The maximum absolute atomic E-state index is 12.6. The van der Waals surface area contributed by atoms with Gasteiger partial charge in [-0.05, 0) is 38.2 Å². The Bertz CT molecular complexity index is 958. The Kier molecular flexibility index (Phi) is 5.25. The molecule has 0 N–H and O–H groups in total. The number of Topliss-reactive ketones (excluding diaryl/α,β-unsaturated/α-hetero) is 1. The molecular formula is C21H24N4OS. The zero-order valence-corrected chi connectivity index (χ0v) is 16.6. The van der Waals surface area contributed by atoms with Gasteiger partial charge in [0.2, 0.25) is 0 Å². The number of ketones is 1. The molecule has 0 amide bonds. The van der Waals surface area contributed by atoms with Crippen molar-refractivity contribution in [3.63, 3.8) is 0 Å². The van der Waals surface area contributed by atoms with E-state index in [9.17, 15) is 4.79 Å². The minimum atomic E-state index is 0.115. The van der Waals surface area contributed by atoms with Crippen LogP contribution < -0.4 is 0 Å². The zero-order valence-electron chi connectivity index (χ0n) is 15.8. The fraction of sp³-hybridized carbons (Fsp3) is 0.429. The van der Waals surface area contributed by atoms with Crippen LogP contribution in [0.2, 0.25) is 0 Å². The first-order valence-corrected chi connectivity index (χ1v) is 10.6. The lowest BCUT2D eigenvalue weighted by Crippen LogP contribution is -2.07. The predicted molar refractivity (Wildman–Crippen MR) is 108 cm³/mol. The molecule has 1 aliphatic carbocycles. The molecule has 1 fully saturated rings. The van der Waals surface area contributed by atoms with Gasteiger partial charge in [0.15, 0.2) is 16.6 Å². The Labute approximate surface area is 163 Å². The summed E-state index contributed by atoms with van der Waals surface area (Å²) in [4.78, 5) is 17.1. The number of carbonyl (C=O) groups excluding carboxylic acids is 1. The molecule has 0 spiro atoms. The fourth-order valence-electron chi connectivity index (χ4n) is 3.89. The molecule has 4 rings (SSSR count). The topological polar surface area (TPSA) is 60.2 Å². The molecular weight excluding hydrogens is 356 g/mol. The summed E-state index contributed by atoms with van der Waals surface area (Å²) in [5, 5.41) is 9.13. The summed E-state index contributed by atoms with van der Waals surface area (Å²) < 4.78 is 1.90. The average molecular weight is 381 g/mol. The van der Waals surface area contributed by atoms with Gasteiger partial charge in [0.05, 0.1) is 5.75 Å². The van der Waals surface area contributed by atoms with E-state index in [1.807, 2.05) is 36.4 Å². The lowest BCUT2D eigenvalue weighted by Gasteiger charge is -2.22. The largest absolute Gasteiger partial charge is 0.293 e. The Morgan fingerprint density at radius 3 is 2.59 bits per heavy atom. The zero-order chi connectivity index (χ0) is 18.8. The molecule has 3 aromatic rings. The van der Waals surface area contributed by atoms with Crippen molar-refractivity contribution in [2.45, 2.75) is 57.0 Å². The number of aryl methyl sites for hydroxylation is 2. The molecule has 0 bridgehead atoms. The van der Waals surface area contributed by atoms with Crippen LogP contribution in [0.15, 0.2) is 35.5 Å². The highest BCUT2D eigenvalue weighted by Crippen LogP contribution is 2.32. The lowest BCUT2D eigenvalue weighted by molar-refractivity contribution is 0.102. The predicted octanol–water partition coefficient (Wildman–Crippen LogP) is 4.76. The number of rotatable bonds is 5. The van der Waals surface area contributed by atoms with Gasteiger partial charge in [0, 0.05) is 17.3 Å². The van der Waals surface area contributed by atoms with Gasteiger partial charge in [-0.2, -0.15) is 0 Å². The van der Waals surface area contributed by atoms with Crippen molar-refractivity contribution in [3.05, 3.63) is 53.0 Å². The van der Waals surface area contributed by atoms with Crippen molar-refractivity contribution in [1.29, 1.82) is 0 Å². The molecule has 27 heavy (non-hydrogen) atoms. The van der Waals surface area contributed by atoms with Crippen LogP contribution in [-0.4, -0.2) is 31.1 Å². The fourth-order valence-corrected chi connectivity index (χ4v) is 4.77. The summed E-state index contributed by atoms with van der Waals surface area (Å²) in [5.41, 5.74) is 3.82. The van der Waals surface area contributed by atoms with E-state index in [4.69, 9.17) is 0 Å². The summed E-state index contributed by atoms with van der Waals surface area (Å²) in [5.74, 6) is 1.96. The standard InChI is InChI=1S/C21H24N4OS/c1-14-12-20-23-24-21(25(20)15(2)22-14)27-13-19(26)18-10-8-17(9-11-18)16-6-4-3-5-7-16/h8-12,16H,3-7,13H2,1-2H3. The van der Waals surface area contributed by atoms with E-state index in [1.54, 1.807) is 0 Å². The highest BCUT2D eigenvalue weighted by Gasteiger charge is 2.17. The van der Waals surface area contributed by atoms with Crippen LogP contribution in [0.5, 0.6) is 0 Å². The summed E-state index contributed by atoms with van der Waals surface area (Å²) in [6.45, 7) is 3.87. The maximum atomic E-state index is 12.6. The molecule has 0 atom stereocenters. The van der Waals surface area contributed by atoms with Crippen LogP contribution in [0.25, 0.3) is 5.65 Å². The molecule has 1 aliphatic rings. The molecule has 140 valence electrons. The summed E-state index contributed by atoms with van der Waals surface area (Å²) in [7, 11) is 0. The van der Waals surface area contributed by atoms with Crippen molar-refractivity contribution >= 4 is 23.2 Å². The third-order valence-corrected chi connectivity index (χ3v) is 6.23. The molecule has 0 radical (unpaired) electrons. The highest BCUT2D eigenvalue weighted by molar-refractivity contribution is 7.99. The highest BCUT2D eigenvalue weighted by atomic mass is 32.2. The van der Waals surface area contributed by atoms with Crippen molar-refractivity contribution in [2.24, 2.45) is 0 Å². The first-order chi connectivity index (χ1) is 13.1. The number of aromatic nitrogens is 4. The van der Waals surface area contributed by atoms with Crippen molar-refractivity contribution in [2.75, 3.05) is 5.75 Å². The van der Waals surface area contributed by atoms with Crippen LogP contribution >= 0.6 is 11.8 Å². The normalized spacial score (nSPS) is 15.3. The van der Waals surface area contributed by atoms with Gasteiger partial charge in [-0.3, -0.25) is 9.20 Å². The number of thioether (sulfide) groups is 1. The van der Waals surface area contributed by atoms with E-state index < -0.39 is 0 Å². The SMILES string of the molecule is Cc1cc2nnc(SCC(=O)c3ccc(C4CCCCC4)cc3)n2c(C)n1. The monoisotopic (exact) mass is 380 g/mol. The van der Waals surface area contributed by atoms with Gasteiger partial charge in [-0.15, -0.1) is 10.2 Å². The van der Waals surface area contributed by atoms with Gasteiger partial charge in [0.25, 0.3) is 0 Å². The number of benzene rings is 1. The van der Waals surface area contributed by atoms with E-state index in [-0.39, 0.29) is 5.78 Å². The summed E-state index contributed by atoms with van der Waals surface area (Å²) in [6.07, 6.45) is 6.55. The van der Waals surface area contributed by atoms with Gasteiger partial charge in [-0.1, -0.05) is 55.3 Å². The second-order valence-electron chi connectivity index (χ2n) is 7.29. The molecule has 2 aromatic heterocycles. The van der Waals surface area contributed by atoms with Crippen LogP contribution in [0, 0.1) is 13.8 Å². The third-order valence-electron chi connectivity index (χ3n) is 5.30. The number of hydrogen-bond acceptors (Lipinski definition) is 5. The van der Waals surface area contributed by atoms with Gasteiger partial charge < -0.3 is 0 Å². The van der Waals surface area contributed by atoms with Crippen LogP contribution in [0.3, 0.4) is 0 Å². The van der Waals surface area contributed by atoms with E-state index in [0.717, 1.165) is 22.7 Å². The van der Waals surface area contributed by atoms with Gasteiger partial charge in [0.1, 0.15) is 5.82 Å². The number of carbonyl (C=O) groups is 1. The quantitative estimate of drug-likeness (QED) is 0.472. The van der Waals surface area contributed by atoms with Gasteiger partial charge in [-0.25, -0.2) is 4.98 Å². The second-order valence-corrected chi connectivity index (χ2v) is 8.23. The average Bonchev–Trinajstić information content (AvgIpc) is 3.10. The van der Waals surface area contributed by atoms with Crippen LogP contribution in [0.1, 0.15) is 65.5 Å². The minimum Gasteiger partial charge on any atom is -0.293 e. The van der Waals surface area contributed by atoms with Crippen molar-refractivity contribution < 1.29 is 4.79 Å². The Morgan fingerprint density at radius 2 is 1.85 bits per heavy atom. The van der Waals surface area contributed by atoms with E-state index >= 15 is 0 Å². The molecule has 2 heterocycles. The first-order valence-electron chi connectivity index (χ1n) is 9.57. The van der Waals surface area contributed by atoms with E-state index in [0.29, 0.717) is 16.8 Å². The smallest absolute Gasteiger partial charge is 0.197 e. The lowest BCUT2D eigenvalue weighted by atomic mass is 9.84. The Morgan fingerprint density at radius 1 is 1.11 bits per heavy atom. The first kappa shape index (κ1) is 18.2. The Balaban J connectivity index is 1.44. The van der Waals surface area contributed by atoms with Crippen molar-refractivity contribution in [3.8, 4) is 0 Å². The van der Waals surface area contributed by atoms with Crippen molar-refractivity contribution in [1.82, 2.24) is 19.6 Å². The van der Waals surface area contributed by atoms with Crippen LogP contribution in [-0.2, 0) is 0 Å². The Hall–Kier alpha value is -2.21. The minimum absolute atomic E-state index is 0.115. The molecule has 6 heteroatoms. The molecule has 0 unspecified atom stereocenters. The molecule has 5 nitrogen and oxygen atoms in total. The molecule has 1 saturated carbocycles. The summed E-state index contributed by atoms with van der Waals surface area (Å²) >= 11 is 1.41. The number of fused-ring (bicyclic) bond motifs is 1. The molecule has 0 saturated heterocycles.